The van der Waals surface area contributed by atoms with Gasteiger partial charge in [-0.3, -0.25) is 0 Å². The van der Waals surface area contributed by atoms with Gasteiger partial charge in [0.1, 0.15) is 0 Å². The largest absolute Gasteiger partial charge is 2.00 e. The van der Waals surface area contributed by atoms with Crippen molar-refractivity contribution in [3.8, 4) is 0 Å². The SMILES string of the molecule is CCC1C2=C(CCC[CH-]2)C2=C1CCCC2.CCC1C2=C(CCC[CH-]2)C2=C1CCCC2.CCC1C2=C(CCC[CH-]2)C2=C1CCCC2.[Cl-].[Cl-].[Cl-].[Ti+2].[Ti+2].[Ti+2]. The summed E-state index contributed by atoms with van der Waals surface area (Å²) >= 11 is 0. The zero-order chi connectivity index (χ0) is 30.8. The van der Waals surface area contributed by atoms with Gasteiger partial charge in [0.2, 0.25) is 0 Å². The first-order valence-electron chi connectivity index (χ1n) is 20.1. The van der Waals surface area contributed by atoms with E-state index in [0.29, 0.717) is 0 Å². The second-order valence-corrected chi connectivity index (χ2v) is 15.6. The number of rotatable bonds is 3. The number of halogens is 3. The molecule has 0 saturated carbocycles. The maximum Gasteiger partial charge on any atom is 2.00 e. The molecular formula is C45H63Cl3Ti3. The fourth-order valence-corrected chi connectivity index (χ4v) is 11.4. The summed E-state index contributed by atoms with van der Waals surface area (Å²) in [6.45, 7) is 7.09. The molecule has 0 aliphatic heterocycles. The predicted molar refractivity (Wildman–Crippen MR) is 193 cm³/mol. The molecule has 9 aliphatic carbocycles. The van der Waals surface area contributed by atoms with E-state index in [1.54, 1.807) is 50.2 Å². The van der Waals surface area contributed by atoms with Gasteiger partial charge in [-0.15, -0.1) is 36.0 Å². The third-order valence-electron chi connectivity index (χ3n) is 13.3. The van der Waals surface area contributed by atoms with Gasteiger partial charge in [0.25, 0.3) is 0 Å². The summed E-state index contributed by atoms with van der Waals surface area (Å²) < 4.78 is 0. The first-order chi connectivity index (χ1) is 22.2. The van der Waals surface area contributed by atoms with Crippen LogP contribution in [-0.2, 0) is 65.2 Å². The van der Waals surface area contributed by atoms with Gasteiger partial charge in [-0.1, -0.05) is 95.3 Å². The van der Waals surface area contributed by atoms with Crippen LogP contribution in [0, 0.1) is 37.0 Å². The first-order valence-corrected chi connectivity index (χ1v) is 20.1. The van der Waals surface area contributed by atoms with Crippen LogP contribution in [0.25, 0.3) is 0 Å². The Hall–Kier alpha value is 1.06. The topological polar surface area (TPSA) is 0 Å². The molecule has 0 saturated heterocycles. The van der Waals surface area contributed by atoms with E-state index in [4.69, 9.17) is 0 Å². The van der Waals surface area contributed by atoms with Crippen molar-refractivity contribution in [3.05, 3.63) is 86.1 Å². The van der Waals surface area contributed by atoms with Crippen LogP contribution in [-0.4, -0.2) is 0 Å². The zero-order valence-corrected chi connectivity index (χ0v) is 39.0. The second kappa shape index (κ2) is 24.0. The molecule has 0 bridgehead atoms. The minimum Gasteiger partial charge on any atom is -1.00 e. The van der Waals surface area contributed by atoms with Crippen LogP contribution in [0.1, 0.15) is 175 Å². The van der Waals surface area contributed by atoms with Crippen molar-refractivity contribution in [3.63, 3.8) is 0 Å². The number of hydrogen-bond donors (Lipinski definition) is 0. The van der Waals surface area contributed by atoms with E-state index in [1.165, 1.54) is 154 Å². The Morgan fingerprint density at radius 1 is 0.353 bits per heavy atom. The van der Waals surface area contributed by atoms with Crippen molar-refractivity contribution in [2.75, 3.05) is 0 Å². The minimum absolute atomic E-state index is 0. The van der Waals surface area contributed by atoms with Crippen molar-refractivity contribution in [2.24, 2.45) is 17.8 Å². The fourth-order valence-electron chi connectivity index (χ4n) is 11.4. The average Bonchev–Trinajstić information content (AvgIpc) is 3.74. The van der Waals surface area contributed by atoms with E-state index < -0.39 is 0 Å². The third-order valence-corrected chi connectivity index (χ3v) is 13.3. The Kier molecular flexibility index (Phi) is 23.5. The molecule has 9 rings (SSSR count). The monoisotopic (exact) mass is 852 g/mol. The normalized spacial score (nSPS) is 26.5. The summed E-state index contributed by atoms with van der Waals surface area (Å²) in [7, 11) is 0. The van der Waals surface area contributed by atoms with Crippen LogP contribution in [0.5, 0.6) is 0 Å². The van der Waals surface area contributed by atoms with E-state index in [0.717, 1.165) is 17.8 Å². The minimum atomic E-state index is 0. The summed E-state index contributed by atoms with van der Waals surface area (Å²) in [6.07, 6.45) is 40.9. The van der Waals surface area contributed by atoms with E-state index in [2.05, 4.69) is 40.0 Å². The van der Waals surface area contributed by atoms with Gasteiger partial charge in [-0.05, 0) is 94.8 Å². The molecule has 3 unspecified atom stereocenters. The second-order valence-electron chi connectivity index (χ2n) is 15.6. The van der Waals surface area contributed by atoms with Crippen molar-refractivity contribution >= 4 is 0 Å². The quantitative estimate of drug-likeness (QED) is 0.285. The molecule has 0 heterocycles. The van der Waals surface area contributed by atoms with Crippen LogP contribution in [0.3, 0.4) is 0 Å². The van der Waals surface area contributed by atoms with Crippen LogP contribution in [0.4, 0.5) is 0 Å². The Balaban J connectivity index is 0.000000361. The van der Waals surface area contributed by atoms with Gasteiger partial charge in [-0.25, -0.2) is 36.0 Å². The maximum absolute atomic E-state index is 2.55. The van der Waals surface area contributed by atoms with Crippen LogP contribution >= 0.6 is 0 Å². The third kappa shape index (κ3) is 10.3. The summed E-state index contributed by atoms with van der Waals surface area (Å²) in [5.74, 6) is 2.49. The summed E-state index contributed by atoms with van der Waals surface area (Å²) in [5, 5.41) is 0. The fraction of sp³-hybridized carbons (Fsp3) is 0.667. The molecule has 0 N–H and O–H groups in total. The zero-order valence-electron chi connectivity index (χ0n) is 32.1. The van der Waals surface area contributed by atoms with Crippen LogP contribution in [0.2, 0.25) is 0 Å². The van der Waals surface area contributed by atoms with E-state index >= 15 is 0 Å². The molecular weight excluding hydrogens is 790 g/mol. The molecule has 0 aromatic carbocycles. The van der Waals surface area contributed by atoms with Gasteiger partial charge in [0, 0.05) is 0 Å². The predicted octanol–water partition coefficient (Wildman–Crippen LogP) is 4.75. The molecule has 0 aromatic rings. The molecule has 6 heteroatoms. The molecule has 0 spiro atoms. The smallest absolute Gasteiger partial charge is 1.00 e. The van der Waals surface area contributed by atoms with Gasteiger partial charge in [0.05, 0.1) is 0 Å². The number of fused-ring (bicyclic) bond motifs is 3. The van der Waals surface area contributed by atoms with Gasteiger partial charge < -0.3 is 37.2 Å². The number of hydrogen-bond acceptors (Lipinski definition) is 0. The van der Waals surface area contributed by atoms with Crippen LogP contribution in [0.15, 0.2) is 66.9 Å². The van der Waals surface area contributed by atoms with E-state index in [-0.39, 0.29) is 102 Å². The Morgan fingerprint density at radius 3 is 0.843 bits per heavy atom. The maximum atomic E-state index is 2.55. The average molecular weight is 854 g/mol. The van der Waals surface area contributed by atoms with Gasteiger partial charge in [-0.2, -0.15) is 16.7 Å². The molecule has 9 aliphatic rings. The van der Waals surface area contributed by atoms with E-state index in [9.17, 15) is 0 Å². The van der Waals surface area contributed by atoms with Gasteiger partial charge >= 0.3 is 65.2 Å². The van der Waals surface area contributed by atoms with Crippen LogP contribution < -0.4 is 37.2 Å². The molecule has 3 atom stereocenters. The molecule has 0 nitrogen and oxygen atoms in total. The van der Waals surface area contributed by atoms with Crippen molar-refractivity contribution in [1.82, 2.24) is 0 Å². The summed E-state index contributed by atoms with van der Waals surface area (Å²) in [6, 6.07) is 0. The molecule has 0 aromatic heterocycles. The molecule has 51 heavy (non-hydrogen) atoms. The molecule has 276 valence electrons. The van der Waals surface area contributed by atoms with Crippen molar-refractivity contribution in [1.29, 1.82) is 0 Å². The summed E-state index contributed by atoms with van der Waals surface area (Å²) in [5.41, 5.74) is 21.5. The van der Waals surface area contributed by atoms with E-state index in [1.807, 2.05) is 16.7 Å². The number of allylic oxidation sites excluding steroid dienone is 12. The molecule has 0 amide bonds. The summed E-state index contributed by atoms with van der Waals surface area (Å²) in [4.78, 5) is 0. The molecule has 0 radical (unpaired) electrons. The van der Waals surface area contributed by atoms with Crippen molar-refractivity contribution < 1.29 is 102 Å². The standard InChI is InChI=1S/3C15H21.3ClH.3Ti/c3*1-2-11-12-7-3-5-9-14(12)15-10-6-4-8-13(11)15;;;;;;/h3*7,11H,2-6,8-10H2,1H3;3*1H;;;/q3*-1;;;;3*+2/p-3. The Morgan fingerprint density at radius 2 is 0.588 bits per heavy atom. The molecule has 0 fully saturated rings. The van der Waals surface area contributed by atoms with Gasteiger partial charge in [0.15, 0.2) is 0 Å². The van der Waals surface area contributed by atoms with Crippen molar-refractivity contribution in [2.45, 2.75) is 175 Å². The Bertz CT molecular complexity index is 1090. The Labute approximate surface area is 377 Å². The first kappa shape index (κ1) is 50.1.